The van der Waals surface area contributed by atoms with Crippen LogP contribution in [0.25, 0.3) is 0 Å². The predicted molar refractivity (Wildman–Crippen MR) is 71.7 cm³/mol. The van der Waals surface area contributed by atoms with Gasteiger partial charge in [-0.2, -0.15) is 5.10 Å². The molecule has 0 unspecified atom stereocenters. The number of hydrogen-bond donors (Lipinski definition) is 2. The van der Waals surface area contributed by atoms with Gasteiger partial charge in [0.15, 0.2) is 0 Å². The van der Waals surface area contributed by atoms with E-state index in [1.54, 1.807) is 20.8 Å². The molecule has 0 saturated heterocycles. The summed E-state index contributed by atoms with van der Waals surface area (Å²) >= 11 is 0. The molecule has 8 heteroatoms. The van der Waals surface area contributed by atoms with E-state index in [0.717, 1.165) is 12.3 Å². The number of nitro benzene ring substituents is 1. The summed E-state index contributed by atoms with van der Waals surface area (Å²) < 4.78 is 4.93. The zero-order valence-corrected chi connectivity index (χ0v) is 11.3. The van der Waals surface area contributed by atoms with E-state index in [1.807, 2.05) is 0 Å². The molecule has 0 bridgehead atoms. The van der Waals surface area contributed by atoms with E-state index < -0.39 is 28.1 Å². The lowest BCUT2D eigenvalue weighted by molar-refractivity contribution is -0.385. The van der Waals surface area contributed by atoms with Crippen molar-refractivity contribution in [3.8, 4) is 5.75 Å². The number of carbonyl (C=O) groups excluding carboxylic acids is 1. The van der Waals surface area contributed by atoms with Gasteiger partial charge in [0, 0.05) is 11.6 Å². The molecule has 2 N–H and O–H groups in total. The second-order valence-corrected chi connectivity index (χ2v) is 4.84. The Hall–Kier alpha value is -2.64. The minimum Gasteiger partial charge on any atom is -0.502 e. The molecule has 0 radical (unpaired) electrons. The highest BCUT2D eigenvalue weighted by Gasteiger charge is 2.16. The molecule has 0 aliphatic rings. The summed E-state index contributed by atoms with van der Waals surface area (Å²) in [5.41, 5.74) is 1.10. The smallest absolute Gasteiger partial charge is 0.428 e. The monoisotopic (exact) mass is 281 g/mol. The molecule has 108 valence electrons. The van der Waals surface area contributed by atoms with Gasteiger partial charge in [0.2, 0.25) is 5.75 Å². The second kappa shape index (κ2) is 6.00. The fourth-order valence-electron chi connectivity index (χ4n) is 1.26. The van der Waals surface area contributed by atoms with E-state index >= 15 is 0 Å². The molecule has 1 aromatic carbocycles. The maximum atomic E-state index is 11.3. The maximum absolute atomic E-state index is 11.3. The summed E-state index contributed by atoms with van der Waals surface area (Å²) in [6, 6.07) is 3.98. The fourth-order valence-corrected chi connectivity index (χ4v) is 1.26. The number of carbonyl (C=O) groups is 1. The van der Waals surface area contributed by atoms with Crippen LogP contribution in [0.2, 0.25) is 0 Å². The van der Waals surface area contributed by atoms with Crippen molar-refractivity contribution in [2.45, 2.75) is 26.4 Å². The third-order valence-electron chi connectivity index (χ3n) is 2.00. The van der Waals surface area contributed by atoms with E-state index in [1.165, 1.54) is 12.1 Å². The Morgan fingerprint density at radius 3 is 2.70 bits per heavy atom. The Morgan fingerprint density at radius 1 is 1.50 bits per heavy atom. The molecule has 0 heterocycles. The van der Waals surface area contributed by atoms with Gasteiger partial charge in [0.1, 0.15) is 5.60 Å². The van der Waals surface area contributed by atoms with Crippen molar-refractivity contribution in [3.63, 3.8) is 0 Å². The van der Waals surface area contributed by atoms with Gasteiger partial charge in [-0.1, -0.05) is 6.07 Å². The molecule has 0 aliphatic carbocycles. The number of nitrogens with zero attached hydrogens (tertiary/aromatic N) is 2. The van der Waals surface area contributed by atoms with E-state index in [0.29, 0.717) is 0 Å². The van der Waals surface area contributed by atoms with Crippen molar-refractivity contribution in [2.24, 2.45) is 5.10 Å². The van der Waals surface area contributed by atoms with Crippen molar-refractivity contribution < 1.29 is 19.6 Å². The second-order valence-electron chi connectivity index (χ2n) is 4.84. The summed E-state index contributed by atoms with van der Waals surface area (Å²) in [7, 11) is 0. The number of nitrogens with one attached hydrogen (secondary N) is 1. The Labute approximate surface area is 115 Å². The SMILES string of the molecule is CC(C)(C)OC(=O)N/N=C/c1cccc([N+](=O)[O-])c1O. The van der Waals surface area contributed by atoms with Gasteiger partial charge < -0.3 is 9.84 Å². The maximum Gasteiger partial charge on any atom is 0.428 e. The molecular weight excluding hydrogens is 266 g/mol. The number of phenolic OH excluding ortho intramolecular Hbond substituents is 1. The standard InChI is InChI=1S/C12H15N3O5/c1-12(2,3)20-11(17)14-13-7-8-5-4-6-9(10(8)16)15(18)19/h4-7,16H,1-3H3,(H,14,17)/b13-7+. The van der Waals surface area contributed by atoms with Gasteiger partial charge in [-0.15, -0.1) is 0 Å². The number of para-hydroxylation sites is 1. The quantitative estimate of drug-likeness (QED) is 0.500. The lowest BCUT2D eigenvalue weighted by atomic mass is 10.2. The molecule has 0 saturated carbocycles. The minimum absolute atomic E-state index is 0.107. The zero-order chi connectivity index (χ0) is 15.3. The third kappa shape index (κ3) is 4.56. The van der Waals surface area contributed by atoms with Crippen molar-refractivity contribution in [1.82, 2.24) is 5.43 Å². The average Bonchev–Trinajstić information content (AvgIpc) is 2.28. The summed E-state index contributed by atoms with van der Waals surface area (Å²) in [4.78, 5) is 21.2. The molecule has 1 amide bonds. The van der Waals surface area contributed by atoms with Crippen LogP contribution >= 0.6 is 0 Å². The summed E-state index contributed by atoms with van der Waals surface area (Å²) in [5.74, 6) is -0.521. The number of hydrogen-bond acceptors (Lipinski definition) is 6. The summed E-state index contributed by atoms with van der Waals surface area (Å²) in [6.45, 7) is 5.09. The highest BCUT2D eigenvalue weighted by molar-refractivity contribution is 5.86. The van der Waals surface area contributed by atoms with E-state index in [4.69, 9.17) is 4.74 Å². The Bertz CT molecular complexity index is 549. The molecule has 0 fully saturated rings. The van der Waals surface area contributed by atoms with Crippen LogP contribution in [0, 0.1) is 10.1 Å². The first kappa shape index (κ1) is 15.4. The number of benzene rings is 1. The van der Waals surface area contributed by atoms with Crippen LogP contribution in [0.1, 0.15) is 26.3 Å². The highest BCUT2D eigenvalue weighted by Crippen LogP contribution is 2.27. The first-order valence-corrected chi connectivity index (χ1v) is 5.69. The number of hydrazone groups is 1. The normalized spacial score (nSPS) is 11.3. The Balaban J connectivity index is 2.75. The van der Waals surface area contributed by atoms with Crippen molar-refractivity contribution in [1.29, 1.82) is 0 Å². The number of nitro groups is 1. The average molecular weight is 281 g/mol. The van der Waals surface area contributed by atoms with Gasteiger partial charge in [0.05, 0.1) is 11.1 Å². The van der Waals surface area contributed by atoms with Crippen LogP contribution in [-0.4, -0.2) is 27.9 Å². The van der Waals surface area contributed by atoms with E-state index in [2.05, 4.69) is 10.5 Å². The lowest BCUT2D eigenvalue weighted by Gasteiger charge is -2.18. The summed E-state index contributed by atoms with van der Waals surface area (Å²) in [6.07, 6.45) is 0.324. The molecular formula is C12H15N3O5. The molecule has 20 heavy (non-hydrogen) atoms. The van der Waals surface area contributed by atoms with Gasteiger partial charge >= 0.3 is 11.8 Å². The summed E-state index contributed by atoms with van der Waals surface area (Å²) in [5, 5.41) is 23.8. The molecule has 8 nitrogen and oxygen atoms in total. The largest absolute Gasteiger partial charge is 0.502 e. The Kier molecular flexibility index (Phi) is 4.63. The first-order chi connectivity index (χ1) is 9.20. The van der Waals surface area contributed by atoms with E-state index in [-0.39, 0.29) is 5.56 Å². The Morgan fingerprint density at radius 2 is 2.15 bits per heavy atom. The van der Waals surface area contributed by atoms with Crippen LogP contribution in [0.4, 0.5) is 10.5 Å². The number of amides is 1. The van der Waals surface area contributed by atoms with Crippen molar-refractivity contribution in [3.05, 3.63) is 33.9 Å². The van der Waals surface area contributed by atoms with Gasteiger partial charge in [-0.3, -0.25) is 10.1 Å². The number of ether oxygens (including phenoxy) is 1. The van der Waals surface area contributed by atoms with Crippen LogP contribution in [0.5, 0.6) is 5.75 Å². The number of aromatic hydroxyl groups is 1. The van der Waals surface area contributed by atoms with Gasteiger partial charge in [0.25, 0.3) is 0 Å². The number of rotatable bonds is 3. The molecule has 1 rings (SSSR count). The zero-order valence-electron chi connectivity index (χ0n) is 11.3. The topological polar surface area (TPSA) is 114 Å². The number of phenols is 1. The van der Waals surface area contributed by atoms with Crippen molar-refractivity contribution in [2.75, 3.05) is 0 Å². The van der Waals surface area contributed by atoms with E-state index in [9.17, 15) is 20.0 Å². The minimum atomic E-state index is -0.765. The van der Waals surface area contributed by atoms with Crippen molar-refractivity contribution >= 4 is 18.0 Å². The van der Waals surface area contributed by atoms with Crippen LogP contribution in [0.15, 0.2) is 23.3 Å². The molecule has 0 aromatic heterocycles. The van der Waals surface area contributed by atoms with Gasteiger partial charge in [-0.05, 0) is 26.8 Å². The lowest BCUT2D eigenvalue weighted by Crippen LogP contribution is -2.29. The molecule has 1 aromatic rings. The third-order valence-corrected chi connectivity index (χ3v) is 2.00. The predicted octanol–water partition coefficient (Wildman–Crippen LogP) is 2.16. The van der Waals surface area contributed by atoms with Gasteiger partial charge in [-0.25, -0.2) is 10.2 Å². The molecule has 0 aliphatic heterocycles. The highest BCUT2D eigenvalue weighted by atomic mass is 16.6. The van der Waals surface area contributed by atoms with Crippen LogP contribution in [0.3, 0.4) is 0 Å². The van der Waals surface area contributed by atoms with Crippen LogP contribution in [-0.2, 0) is 4.74 Å². The first-order valence-electron chi connectivity index (χ1n) is 5.69. The van der Waals surface area contributed by atoms with Crippen LogP contribution < -0.4 is 5.43 Å². The molecule has 0 atom stereocenters. The molecule has 0 spiro atoms. The fraction of sp³-hybridized carbons (Fsp3) is 0.333.